The first-order valence-corrected chi connectivity index (χ1v) is 7.28. The zero-order valence-corrected chi connectivity index (χ0v) is 12.3. The fourth-order valence-electron chi connectivity index (χ4n) is 2.52. The van der Waals surface area contributed by atoms with E-state index in [1.165, 1.54) is 16.7 Å². The molecule has 2 aromatic rings. The molecule has 2 aromatic carbocycles. The first-order chi connectivity index (χ1) is 9.63. The molecule has 2 nitrogen and oxygen atoms in total. The Morgan fingerprint density at radius 3 is 2.45 bits per heavy atom. The van der Waals surface area contributed by atoms with Crippen LogP contribution in [0, 0.1) is 0 Å². The van der Waals surface area contributed by atoms with Crippen LogP contribution in [0.3, 0.4) is 0 Å². The Balaban J connectivity index is 1.91. The lowest BCUT2D eigenvalue weighted by Gasteiger charge is -2.25. The molecule has 0 spiro atoms. The quantitative estimate of drug-likeness (QED) is 0.853. The summed E-state index contributed by atoms with van der Waals surface area (Å²) >= 11 is 0. The second-order valence-electron chi connectivity index (χ2n) is 5.80. The van der Waals surface area contributed by atoms with Crippen LogP contribution < -0.4 is 10.1 Å². The molecule has 104 valence electrons. The molecule has 0 bridgehead atoms. The lowest BCUT2D eigenvalue weighted by molar-refractivity contribution is 0.226. The van der Waals surface area contributed by atoms with Crippen LogP contribution in [0.4, 0.5) is 5.69 Å². The highest BCUT2D eigenvalue weighted by Gasteiger charge is 2.15. The fourth-order valence-corrected chi connectivity index (χ4v) is 2.52. The number of nitrogens with one attached hydrogen (secondary N) is 1. The Hall–Kier alpha value is -1.96. The Kier molecular flexibility index (Phi) is 3.39. The molecule has 1 N–H and O–H groups in total. The SMILES string of the molecule is CC1CNc2cc(-c3ccc(C(C)C)cc3)ccc2O1. The Morgan fingerprint density at radius 2 is 1.75 bits per heavy atom. The van der Waals surface area contributed by atoms with Gasteiger partial charge < -0.3 is 10.1 Å². The predicted octanol–water partition coefficient (Wildman–Crippen LogP) is 4.67. The summed E-state index contributed by atoms with van der Waals surface area (Å²) in [5, 5.41) is 3.43. The first kappa shape index (κ1) is 13.0. The second kappa shape index (κ2) is 5.20. The number of ether oxygens (including phenoxy) is 1. The van der Waals surface area contributed by atoms with Crippen molar-refractivity contribution in [2.45, 2.75) is 32.8 Å². The molecular formula is C18H21NO. The van der Waals surface area contributed by atoms with Crippen molar-refractivity contribution in [1.29, 1.82) is 0 Å². The van der Waals surface area contributed by atoms with E-state index < -0.39 is 0 Å². The molecule has 0 aromatic heterocycles. The number of anilines is 1. The highest BCUT2D eigenvalue weighted by Crippen LogP contribution is 2.33. The van der Waals surface area contributed by atoms with Gasteiger partial charge in [-0.25, -0.2) is 0 Å². The molecule has 0 amide bonds. The third kappa shape index (κ3) is 2.51. The monoisotopic (exact) mass is 267 g/mol. The van der Waals surface area contributed by atoms with Gasteiger partial charge in [0.05, 0.1) is 12.2 Å². The number of hydrogen-bond acceptors (Lipinski definition) is 2. The van der Waals surface area contributed by atoms with Crippen molar-refractivity contribution >= 4 is 5.69 Å². The first-order valence-electron chi connectivity index (χ1n) is 7.28. The smallest absolute Gasteiger partial charge is 0.142 e. The molecule has 1 aliphatic heterocycles. The van der Waals surface area contributed by atoms with E-state index in [0.29, 0.717) is 5.92 Å². The molecule has 3 rings (SSSR count). The van der Waals surface area contributed by atoms with E-state index in [1.54, 1.807) is 0 Å². The van der Waals surface area contributed by atoms with Crippen LogP contribution in [0.1, 0.15) is 32.3 Å². The Bertz CT molecular complexity index is 601. The third-order valence-corrected chi connectivity index (χ3v) is 3.80. The highest BCUT2D eigenvalue weighted by molar-refractivity contribution is 5.72. The summed E-state index contributed by atoms with van der Waals surface area (Å²) in [6, 6.07) is 15.2. The lowest BCUT2D eigenvalue weighted by Crippen LogP contribution is -2.27. The van der Waals surface area contributed by atoms with E-state index in [9.17, 15) is 0 Å². The molecule has 1 atom stereocenters. The lowest BCUT2D eigenvalue weighted by atomic mass is 9.98. The standard InChI is InChI=1S/C18H21NO/c1-12(2)14-4-6-15(7-5-14)16-8-9-18-17(10-16)19-11-13(3)20-18/h4-10,12-13,19H,11H2,1-3H3. The molecular weight excluding hydrogens is 246 g/mol. The van der Waals surface area contributed by atoms with E-state index >= 15 is 0 Å². The topological polar surface area (TPSA) is 21.3 Å². The van der Waals surface area contributed by atoms with Crippen LogP contribution in [-0.2, 0) is 0 Å². The van der Waals surface area contributed by atoms with Gasteiger partial charge in [-0.1, -0.05) is 44.2 Å². The van der Waals surface area contributed by atoms with E-state index in [2.05, 4.69) is 68.6 Å². The molecule has 0 radical (unpaired) electrons. The molecule has 1 unspecified atom stereocenters. The van der Waals surface area contributed by atoms with E-state index in [0.717, 1.165) is 18.0 Å². The molecule has 1 aliphatic rings. The maximum Gasteiger partial charge on any atom is 0.142 e. The van der Waals surface area contributed by atoms with Gasteiger partial charge in [0.15, 0.2) is 0 Å². The average Bonchev–Trinajstić information content (AvgIpc) is 2.47. The van der Waals surface area contributed by atoms with Gasteiger partial charge in [-0.2, -0.15) is 0 Å². The summed E-state index contributed by atoms with van der Waals surface area (Å²) < 4.78 is 5.81. The molecule has 0 saturated heterocycles. The van der Waals surface area contributed by atoms with Gasteiger partial charge in [0, 0.05) is 0 Å². The molecule has 0 fully saturated rings. The van der Waals surface area contributed by atoms with Gasteiger partial charge in [0.25, 0.3) is 0 Å². The summed E-state index contributed by atoms with van der Waals surface area (Å²) in [5.41, 5.74) is 4.94. The molecule has 0 saturated carbocycles. The van der Waals surface area contributed by atoms with Gasteiger partial charge in [-0.15, -0.1) is 0 Å². The third-order valence-electron chi connectivity index (χ3n) is 3.80. The maximum absolute atomic E-state index is 5.81. The summed E-state index contributed by atoms with van der Waals surface area (Å²) in [4.78, 5) is 0. The van der Waals surface area contributed by atoms with Gasteiger partial charge >= 0.3 is 0 Å². The zero-order chi connectivity index (χ0) is 14.1. The average molecular weight is 267 g/mol. The minimum absolute atomic E-state index is 0.235. The van der Waals surface area contributed by atoms with Gasteiger partial charge in [-0.05, 0) is 41.7 Å². The van der Waals surface area contributed by atoms with Crippen molar-refractivity contribution in [3.63, 3.8) is 0 Å². The van der Waals surface area contributed by atoms with E-state index in [-0.39, 0.29) is 6.10 Å². The van der Waals surface area contributed by atoms with Crippen LogP contribution in [0.25, 0.3) is 11.1 Å². The molecule has 20 heavy (non-hydrogen) atoms. The van der Waals surface area contributed by atoms with E-state index in [1.807, 2.05) is 0 Å². The normalized spacial score (nSPS) is 17.3. The molecule has 1 heterocycles. The number of rotatable bonds is 2. The minimum atomic E-state index is 0.235. The molecule has 0 aliphatic carbocycles. The van der Waals surface area contributed by atoms with Crippen molar-refractivity contribution < 1.29 is 4.74 Å². The number of hydrogen-bond donors (Lipinski definition) is 1. The second-order valence-corrected chi connectivity index (χ2v) is 5.80. The van der Waals surface area contributed by atoms with Crippen molar-refractivity contribution in [3.8, 4) is 16.9 Å². The number of fused-ring (bicyclic) bond motifs is 1. The van der Waals surface area contributed by atoms with Crippen molar-refractivity contribution in [1.82, 2.24) is 0 Å². The van der Waals surface area contributed by atoms with Crippen LogP contribution >= 0.6 is 0 Å². The largest absolute Gasteiger partial charge is 0.487 e. The van der Waals surface area contributed by atoms with Gasteiger partial charge in [-0.3, -0.25) is 0 Å². The van der Waals surface area contributed by atoms with Crippen LogP contribution in [0.15, 0.2) is 42.5 Å². The van der Waals surface area contributed by atoms with Crippen LogP contribution in [0.5, 0.6) is 5.75 Å². The summed E-state index contributed by atoms with van der Waals surface area (Å²) in [7, 11) is 0. The Morgan fingerprint density at radius 1 is 1.05 bits per heavy atom. The van der Waals surface area contributed by atoms with E-state index in [4.69, 9.17) is 4.74 Å². The van der Waals surface area contributed by atoms with Crippen molar-refractivity contribution in [3.05, 3.63) is 48.0 Å². The van der Waals surface area contributed by atoms with Crippen LogP contribution in [-0.4, -0.2) is 12.6 Å². The van der Waals surface area contributed by atoms with Crippen molar-refractivity contribution in [2.75, 3.05) is 11.9 Å². The Labute approximate surface area is 120 Å². The van der Waals surface area contributed by atoms with Crippen molar-refractivity contribution in [2.24, 2.45) is 0 Å². The van der Waals surface area contributed by atoms with Gasteiger partial charge in [0.2, 0.25) is 0 Å². The summed E-state index contributed by atoms with van der Waals surface area (Å²) in [5.74, 6) is 1.52. The zero-order valence-electron chi connectivity index (χ0n) is 12.3. The number of benzene rings is 2. The molecule has 2 heteroatoms. The fraction of sp³-hybridized carbons (Fsp3) is 0.333. The summed E-state index contributed by atoms with van der Waals surface area (Å²) in [6.07, 6.45) is 0.235. The van der Waals surface area contributed by atoms with Crippen LogP contribution in [0.2, 0.25) is 0 Å². The maximum atomic E-state index is 5.81. The highest BCUT2D eigenvalue weighted by atomic mass is 16.5. The minimum Gasteiger partial charge on any atom is -0.487 e. The predicted molar refractivity (Wildman–Crippen MR) is 84.5 cm³/mol. The van der Waals surface area contributed by atoms with Gasteiger partial charge in [0.1, 0.15) is 11.9 Å². The summed E-state index contributed by atoms with van der Waals surface area (Å²) in [6.45, 7) is 7.38.